The molecule has 2 aliphatic rings. The summed E-state index contributed by atoms with van der Waals surface area (Å²) in [5.41, 5.74) is 8.58. The van der Waals surface area contributed by atoms with Crippen molar-refractivity contribution in [3.63, 3.8) is 0 Å². The molecule has 1 aromatic heterocycles. The van der Waals surface area contributed by atoms with Crippen LogP contribution in [0.25, 0.3) is 0 Å². The summed E-state index contributed by atoms with van der Waals surface area (Å²) in [4.78, 5) is 11.5. The van der Waals surface area contributed by atoms with E-state index in [0.29, 0.717) is 17.4 Å². The number of aromatic nitrogens is 2. The molecule has 0 bridgehead atoms. The standard InChI is InChI=1S/C18H28N4O/c1-12-4-3-5-13(2)15(12)10-20-9-14-6-7-22-17(8-14)16(11-21-22)18(19)23/h4,11,13-15,20H,3,5-10H2,1-2H3,(H2,19,23)/t13-,14-,15-/m0/s1. The summed E-state index contributed by atoms with van der Waals surface area (Å²) in [5.74, 6) is 1.62. The molecule has 0 aromatic carbocycles. The van der Waals surface area contributed by atoms with E-state index in [4.69, 9.17) is 5.73 Å². The van der Waals surface area contributed by atoms with Crippen LogP contribution in [-0.2, 0) is 13.0 Å². The zero-order valence-corrected chi connectivity index (χ0v) is 14.2. The third kappa shape index (κ3) is 3.50. The van der Waals surface area contributed by atoms with E-state index in [-0.39, 0.29) is 5.91 Å². The van der Waals surface area contributed by atoms with E-state index in [0.717, 1.165) is 44.1 Å². The molecule has 1 aromatic rings. The fraction of sp³-hybridized carbons (Fsp3) is 0.667. The minimum atomic E-state index is -0.364. The molecule has 23 heavy (non-hydrogen) atoms. The van der Waals surface area contributed by atoms with E-state index in [1.807, 2.05) is 4.68 Å². The van der Waals surface area contributed by atoms with Gasteiger partial charge in [-0.25, -0.2) is 0 Å². The normalized spacial score (nSPS) is 27.4. The molecule has 0 fully saturated rings. The number of hydrogen-bond acceptors (Lipinski definition) is 3. The number of allylic oxidation sites excluding steroid dienone is 1. The maximum Gasteiger partial charge on any atom is 0.252 e. The predicted molar refractivity (Wildman–Crippen MR) is 91.1 cm³/mol. The second-order valence-corrected chi connectivity index (χ2v) is 7.22. The summed E-state index contributed by atoms with van der Waals surface area (Å²) in [6.07, 6.45) is 8.53. The van der Waals surface area contributed by atoms with E-state index >= 15 is 0 Å². The first-order chi connectivity index (χ1) is 11.1. The van der Waals surface area contributed by atoms with Crippen LogP contribution in [0, 0.1) is 17.8 Å². The Hall–Kier alpha value is -1.62. The van der Waals surface area contributed by atoms with Gasteiger partial charge in [-0.3, -0.25) is 9.48 Å². The number of nitrogens with zero attached hydrogens (tertiary/aromatic N) is 2. The van der Waals surface area contributed by atoms with Gasteiger partial charge >= 0.3 is 0 Å². The largest absolute Gasteiger partial charge is 0.365 e. The summed E-state index contributed by atoms with van der Waals surface area (Å²) < 4.78 is 1.94. The van der Waals surface area contributed by atoms with Gasteiger partial charge in [-0.2, -0.15) is 5.10 Å². The maximum atomic E-state index is 11.5. The van der Waals surface area contributed by atoms with Gasteiger partial charge in [0, 0.05) is 13.1 Å². The van der Waals surface area contributed by atoms with Crippen LogP contribution in [-0.4, -0.2) is 28.8 Å². The summed E-state index contributed by atoms with van der Waals surface area (Å²) in [6.45, 7) is 7.57. The molecule has 3 atom stereocenters. The van der Waals surface area contributed by atoms with Crippen molar-refractivity contribution in [1.82, 2.24) is 15.1 Å². The smallest absolute Gasteiger partial charge is 0.252 e. The van der Waals surface area contributed by atoms with Crippen molar-refractivity contribution in [3.8, 4) is 0 Å². The number of carbonyl (C=O) groups is 1. The predicted octanol–water partition coefficient (Wildman–Crippen LogP) is 2.13. The van der Waals surface area contributed by atoms with Crippen molar-refractivity contribution in [3.05, 3.63) is 29.1 Å². The molecule has 3 N–H and O–H groups in total. The fourth-order valence-electron chi connectivity index (χ4n) is 4.06. The van der Waals surface area contributed by atoms with Gasteiger partial charge in [-0.1, -0.05) is 18.6 Å². The number of aryl methyl sites for hydroxylation is 1. The number of nitrogens with two attached hydrogens (primary N) is 1. The van der Waals surface area contributed by atoms with Crippen molar-refractivity contribution < 1.29 is 4.79 Å². The zero-order chi connectivity index (χ0) is 16.4. The number of fused-ring (bicyclic) bond motifs is 1. The van der Waals surface area contributed by atoms with Crippen LogP contribution in [0.15, 0.2) is 17.8 Å². The Morgan fingerprint density at radius 2 is 2.26 bits per heavy atom. The molecule has 5 nitrogen and oxygen atoms in total. The summed E-state index contributed by atoms with van der Waals surface area (Å²) >= 11 is 0. The third-order valence-corrected chi connectivity index (χ3v) is 5.60. The van der Waals surface area contributed by atoms with Gasteiger partial charge in [0.05, 0.1) is 17.5 Å². The van der Waals surface area contributed by atoms with E-state index in [2.05, 4.69) is 30.3 Å². The molecular formula is C18H28N4O. The van der Waals surface area contributed by atoms with Crippen molar-refractivity contribution in [2.45, 2.75) is 46.1 Å². The molecule has 2 heterocycles. The van der Waals surface area contributed by atoms with Gasteiger partial charge in [-0.15, -0.1) is 0 Å². The Balaban J connectivity index is 1.54. The number of primary amides is 1. The highest BCUT2D eigenvalue weighted by Gasteiger charge is 2.25. The van der Waals surface area contributed by atoms with Gasteiger partial charge < -0.3 is 11.1 Å². The quantitative estimate of drug-likeness (QED) is 0.817. The molecule has 0 unspecified atom stereocenters. The first-order valence-electron chi connectivity index (χ1n) is 8.78. The van der Waals surface area contributed by atoms with E-state index in [1.54, 1.807) is 6.20 Å². The number of amides is 1. The molecule has 1 aliphatic carbocycles. The van der Waals surface area contributed by atoms with Crippen molar-refractivity contribution in [1.29, 1.82) is 0 Å². The van der Waals surface area contributed by atoms with Crippen LogP contribution in [0.5, 0.6) is 0 Å². The van der Waals surface area contributed by atoms with Crippen LogP contribution in [0.3, 0.4) is 0 Å². The Bertz CT molecular complexity index is 604. The van der Waals surface area contributed by atoms with Gasteiger partial charge in [0.15, 0.2) is 0 Å². The molecule has 126 valence electrons. The molecule has 0 radical (unpaired) electrons. The third-order valence-electron chi connectivity index (χ3n) is 5.60. The van der Waals surface area contributed by atoms with E-state index in [9.17, 15) is 4.79 Å². The molecule has 0 saturated heterocycles. The molecule has 3 rings (SSSR count). The first kappa shape index (κ1) is 16.2. The van der Waals surface area contributed by atoms with Gasteiger partial charge in [0.1, 0.15) is 0 Å². The minimum Gasteiger partial charge on any atom is -0.365 e. The number of hydrogen-bond donors (Lipinski definition) is 2. The summed E-state index contributed by atoms with van der Waals surface area (Å²) in [7, 11) is 0. The van der Waals surface area contributed by atoms with Gasteiger partial charge in [0.2, 0.25) is 0 Å². The monoisotopic (exact) mass is 316 g/mol. The highest BCUT2D eigenvalue weighted by molar-refractivity contribution is 5.93. The fourth-order valence-corrected chi connectivity index (χ4v) is 4.06. The molecular weight excluding hydrogens is 288 g/mol. The highest BCUT2D eigenvalue weighted by Crippen LogP contribution is 2.29. The average Bonchev–Trinajstić information content (AvgIpc) is 2.93. The molecule has 0 spiro atoms. The zero-order valence-electron chi connectivity index (χ0n) is 14.2. The van der Waals surface area contributed by atoms with Crippen molar-refractivity contribution >= 4 is 5.91 Å². The second kappa shape index (κ2) is 6.87. The lowest BCUT2D eigenvalue weighted by Gasteiger charge is -2.30. The molecule has 0 saturated carbocycles. The van der Waals surface area contributed by atoms with Crippen LogP contribution in [0.4, 0.5) is 0 Å². The number of nitrogens with one attached hydrogen (secondary N) is 1. The number of rotatable bonds is 5. The minimum absolute atomic E-state index is 0.364. The number of carbonyl (C=O) groups excluding carboxylic acids is 1. The molecule has 5 heteroatoms. The Morgan fingerprint density at radius 3 is 3.00 bits per heavy atom. The maximum absolute atomic E-state index is 11.5. The summed E-state index contributed by atoms with van der Waals surface area (Å²) in [5, 5.41) is 7.94. The van der Waals surface area contributed by atoms with Gasteiger partial charge in [0.25, 0.3) is 5.91 Å². The molecule has 1 aliphatic heterocycles. The summed E-state index contributed by atoms with van der Waals surface area (Å²) in [6, 6.07) is 0. The van der Waals surface area contributed by atoms with Crippen molar-refractivity contribution in [2.24, 2.45) is 23.5 Å². The Morgan fingerprint density at radius 1 is 1.43 bits per heavy atom. The lowest BCUT2D eigenvalue weighted by molar-refractivity contribution is 0.0998. The van der Waals surface area contributed by atoms with E-state index < -0.39 is 0 Å². The topological polar surface area (TPSA) is 72.9 Å². The SMILES string of the molecule is CC1=CCC[C@H](C)[C@H]1CNC[C@H]1CCn2ncc(C(N)=O)c2C1. The second-order valence-electron chi connectivity index (χ2n) is 7.22. The van der Waals surface area contributed by atoms with Crippen LogP contribution >= 0.6 is 0 Å². The lowest BCUT2D eigenvalue weighted by atomic mass is 9.80. The van der Waals surface area contributed by atoms with Crippen LogP contribution in [0.2, 0.25) is 0 Å². The van der Waals surface area contributed by atoms with E-state index in [1.165, 1.54) is 18.4 Å². The Kier molecular flexibility index (Phi) is 4.85. The van der Waals surface area contributed by atoms with Gasteiger partial charge in [-0.05, 0) is 56.9 Å². The lowest BCUT2D eigenvalue weighted by Crippen LogP contribution is -2.35. The average molecular weight is 316 g/mol. The highest BCUT2D eigenvalue weighted by atomic mass is 16.1. The Labute approximate surface area is 138 Å². The van der Waals surface area contributed by atoms with Crippen LogP contribution in [0.1, 0.15) is 49.2 Å². The molecule has 1 amide bonds. The van der Waals surface area contributed by atoms with Crippen molar-refractivity contribution in [2.75, 3.05) is 13.1 Å². The first-order valence-corrected chi connectivity index (χ1v) is 8.78. The van der Waals surface area contributed by atoms with Crippen LogP contribution < -0.4 is 11.1 Å².